The lowest BCUT2D eigenvalue weighted by molar-refractivity contribution is 1.11. The highest BCUT2D eigenvalue weighted by molar-refractivity contribution is 6.24. The topological polar surface area (TPSA) is 48.0 Å². The van der Waals surface area contributed by atoms with Crippen molar-refractivity contribution >= 4 is 60.3 Å². The third kappa shape index (κ3) is 3.54. The summed E-state index contributed by atoms with van der Waals surface area (Å²) in [5.41, 5.74) is 10.2. The summed E-state index contributed by atoms with van der Waals surface area (Å²) in [7, 11) is 0. The summed E-state index contributed by atoms with van der Waals surface area (Å²) in [6, 6.07) is 52.9. The minimum absolute atomic E-state index is 0.698. The molecule has 4 heterocycles. The maximum Gasteiger partial charge on any atom is 0.160 e. The van der Waals surface area contributed by atoms with Crippen LogP contribution in [0.5, 0.6) is 0 Å². The SMILES string of the molecule is c1ccc(-c2nc(-c3cccc(-n4c5ccccc5c5c6ccccc6c6nc7ccccc7n6c54)c3)nc3ccccc23)cc1. The molecule has 10 rings (SSSR count). The average molecular weight is 588 g/mol. The zero-order chi connectivity index (χ0) is 30.2. The fourth-order valence-corrected chi connectivity index (χ4v) is 7.09. The van der Waals surface area contributed by atoms with Gasteiger partial charge < -0.3 is 0 Å². The first-order valence-corrected chi connectivity index (χ1v) is 15.5. The molecule has 0 unspecified atom stereocenters. The predicted octanol–water partition coefficient (Wildman–Crippen LogP) is 10.0. The maximum absolute atomic E-state index is 5.18. The molecule has 5 nitrogen and oxygen atoms in total. The second kappa shape index (κ2) is 9.58. The third-order valence-electron chi connectivity index (χ3n) is 9.07. The Morgan fingerprint density at radius 1 is 0.435 bits per heavy atom. The lowest BCUT2D eigenvalue weighted by Gasteiger charge is -2.13. The first kappa shape index (κ1) is 25.0. The van der Waals surface area contributed by atoms with Gasteiger partial charge in [-0.25, -0.2) is 15.0 Å². The van der Waals surface area contributed by atoms with E-state index < -0.39 is 0 Å². The number of pyridine rings is 1. The van der Waals surface area contributed by atoms with Gasteiger partial charge in [-0.15, -0.1) is 0 Å². The Bertz CT molecular complexity index is 2810. The van der Waals surface area contributed by atoms with E-state index in [1.165, 1.54) is 16.2 Å². The van der Waals surface area contributed by atoms with E-state index in [4.69, 9.17) is 15.0 Å². The van der Waals surface area contributed by atoms with Gasteiger partial charge in [0.1, 0.15) is 11.3 Å². The highest BCUT2D eigenvalue weighted by Gasteiger charge is 2.22. The van der Waals surface area contributed by atoms with Crippen LogP contribution in [0.1, 0.15) is 0 Å². The van der Waals surface area contributed by atoms with E-state index in [0.29, 0.717) is 5.82 Å². The van der Waals surface area contributed by atoms with Gasteiger partial charge in [0.25, 0.3) is 0 Å². The number of nitrogens with zero attached hydrogens (tertiary/aromatic N) is 5. The monoisotopic (exact) mass is 587 g/mol. The highest BCUT2D eigenvalue weighted by Crippen LogP contribution is 2.40. The van der Waals surface area contributed by atoms with Gasteiger partial charge in [-0.1, -0.05) is 115 Å². The second-order valence-electron chi connectivity index (χ2n) is 11.7. The number of hydrogen-bond donors (Lipinski definition) is 0. The Balaban J connectivity index is 1.31. The molecule has 0 radical (unpaired) electrons. The summed E-state index contributed by atoms with van der Waals surface area (Å²) in [4.78, 5) is 15.4. The van der Waals surface area contributed by atoms with Gasteiger partial charge in [0, 0.05) is 38.4 Å². The van der Waals surface area contributed by atoms with Crippen molar-refractivity contribution < 1.29 is 0 Å². The molecule has 0 saturated carbocycles. The number of fused-ring (bicyclic) bond motifs is 11. The Kier molecular flexibility index (Phi) is 5.22. The van der Waals surface area contributed by atoms with Gasteiger partial charge in [-0.3, -0.25) is 8.97 Å². The van der Waals surface area contributed by atoms with Crippen molar-refractivity contribution in [1.29, 1.82) is 0 Å². The Hall–Kier alpha value is -6.33. The van der Waals surface area contributed by atoms with Crippen molar-refractivity contribution in [3.8, 4) is 28.3 Å². The summed E-state index contributed by atoms with van der Waals surface area (Å²) in [6.07, 6.45) is 0. The van der Waals surface area contributed by atoms with E-state index in [9.17, 15) is 0 Å². The van der Waals surface area contributed by atoms with Gasteiger partial charge in [-0.05, 0) is 41.8 Å². The van der Waals surface area contributed by atoms with Crippen LogP contribution in [0, 0.1) is 0 Å². The molecule has 4 aromatic heterocycles. The minimum Gasteiger partial charge on any atom is -0.295 e. The lowest BCUT2D eigenvalue weighted by Crippen LogP contribution is -2.01. The van der Waals surface area contributed by atoms with Crippen LogP contribution in [0.2, 0.25) is 0 Å². The number of rotatable bonds is 3. The summed E-state index contributed by atoms with van der Waals surface area (Å²) in [5.74, 6) is 0.698. The Morgan fingerprint density at radius 3 is 1.93 bits per heavy atom. The molecule has 0 spiro atoms. The van der Waals surface area contributed by atoms with E-state index in [1.807, 2.05) is 18.2 Å². The Morgan fingerprint density at radius 2 is 1.09 bits per heavy atom. The van der Waals surface area contributed by atoms with E-state index in [0.717, 1.165) is 66.6 Å². The molecule has 0 N–H and O–H groups in total. The molecule has 214 valence electrons. The van der Waals surface area contributed by atoms with E-state index in [-0.39, 0.29) is 0 Å². The predicted molar refractivity (Wildman–Crippen MR) is 189 cm³/mol. The molecule has 6 aromatic carbocycles. The molecule has 0 saturated heterocycles. The smallest absolute Gasteiger partial charge is 0.160 e. The van der Waals surface area contributed by atoms with E-state index in [1.54, 1.807) is 0 Å². The molecular weight excluding hydrogens is 562 g/mol. The summed E-state index contributed by atoms with van der Waals surface area (Å²) >= 11 is 0. The van der Waals surface area contributed by atoms with E-state index >= 15 is 0 Å². The van der Waals surface area contributed by atoms with Gasteiger partial charge in [0.2, 0.25) is 0 Å². The number of benzene rings is 6. The van der Waals surface area contributed by atoms with Crippen LogP contribution in [0.25, 0.3) is 88.6 Å². The van der Waals surface area contributed by atoms with Crippen molar-refractivity contribution in [1.82, 2.24) is 23.9 Å². The summed E-state index contributed by atoms with van der Waals surface area (Å²) in [5, 5.41) is 5.78. The fraction of sp³-hybridized carbons (Fsp3) is 0. The second-order valence-corrected chi connectivity index (χ2v) is 11.7. The number of para-hydroxylation sites is 4. The normalized spacial score (nSPS) is 11.9. The van der Waals surface area contributed by atoms with Crippen molar-refractivity contribution in [3.63, 3.8) is 0 Å². The van der Waals surface area contributed by atoms with Crippen LogP contribution in [-0.2, 0) is 0 Å². The van der Waals surface area contributed by atoms with E-state index in [2.05, 4.69) is 142 Å². The van der Waals surface area contributed by atoms with Crippen molar-refractivity contribution in [2.75, 3.05) is 0 Å². The number of aromatic nitrogens is 5. The van der Waals surface area contributed by atoms with Gasteiger partial charge >= 0.3 is 0 Å². The molecular formula is C41H25N5. The van der Waals surface area contributed by atoms with Crippen LogP contribution < -0.4 is 0 Å². The first-order chi connectivity index (χ1) is 22.8. The molecule has 0 atom stereocenters. The van der Waals surface area contributed by atoms with Crippen molar-refractivity contribution in [2.24, 2.45) is 0 Å². The number of hydrogen-bond acceptors (Lipinski definition) is 3. The van der Waals surface area contributed by atoms with Crippen LogP contribution in [-0.4, -0.2) is 23.9 Å². The van der Waals surface area contributed by atoms with Gasteiger partial charge in [0.05, 0.1) is 27.8 Å². The van der Waals surface area contributed by atoms with Crippen molar-refractivity contribution in [2.45, 2.75) is 0 Å². The lowest BCUT2D eigenvalue weighted by atomic mass is 10.1. The molecule has 0 aliphatic heterocycles. The highest BCUT2D eigenvalue weighted by atomic mass is 15.1. The fourth-order valence-electron chi connectivity index (χ4n) is 7.09. The van der Waals surface area contributed by atoms with Gasteiger partial charge in [0.15, 0.2) is 5.82 Å². The molecule has 0 fully saturated rings. The average Bonchev–Trinajstić information content (AvgIpc) is 3.68. The zero-order valence-corrected chi connectivity index (χ0v) is 24.7. The van der Waals surface area contributed by atoms with Crippen LogP contribution in [0.15, 0.2) is 152 Å². The van der Waals surface area contributed by atoms with Gasteiger partial charge in [-0.2, -0.15) is 0 Å². The quantitative estimate of drug-likeness (QED) is 0.207. The molecule has 0 amide bonds. The third-order valence-corrected chi connectivity index (χ3v) is 9.07. The molecule has 0 aliphatic rings. The molecule has 46 heavy (non-hydrogen) atoms. The molecule has 0 bridgehead atoms. The zero-order valence-electron chi connectivity index (χ0n) is 24.7. The molecule has 10 aromatic rings. The number of imidazole rings is 1. The van der Waals surface area contributed by atoms with Crippen LogP contribution in [0.4, 0.5) is 0 Å². The standard InChI is InChI=1S/C41H25N5/c1-2-13-26(14-3-1)38-31-19-6-8-21-33(31)42-39(44-38)27-15-12-16-28(25-27)45-35-23-10-7-20-32(35)37-29-17-4-5-18-30(29)40-43-34-22-9-11-24-36(34)46(40)41(37)45/h1-25H. The Labute approximate surface area is 263 Å². The first-order valence-electron chi connectivity index (χ1n) is 15.5. The van der Waals surface area contributed by atoms with Crippen LogP contribution in [0.3, 0.4) is 0 Å². The maximum atomic E-state index is 5.18. The molecule has 5 heteroatoms. The summed E-state index contributed by atoms with van der Waals surface area (Å²) in [6.45, 7) is 0. The molecule has 0 aliphatic carbocycles. The minimum atomic E-state index is 0.698. The van der Waals surface area contributed by atoms with Crippen molar-refractivity contribution in [3.05, 3.63) is 152 Å². The van der Waals surface area contributed by atoms with Crippen LogP contribution >= 0.6 is 0 Å². The largest absolute Gasteiger partial charge is 0.295 e. The summed E-state index contributed by atoms with van der Waals surface area (Å²) < 4.78 is 4.71.